The highest BCUT2D eigenvalue weighted by molar-refractivity contribution is 5.85. The number of carboxylic acid groups (broad SMARTS) is 1. The molecule has 0 heterocycles. The van der Waals surface area contributed by atoms with Crippen molar-refractivity contribution in [2.24, 2.45) is 5.73 Å². The van der Waals surface area contributed by atoms with Crippen molar-refractivity contribution in [1.82, 2.24) is 0 Å². The second-order valence-corrected chi connectivity index (χ2v) is 4.87. The molecule has 5 nitrogen and oxygen atoms in total. The van der Waals surface area contributed by atoms with Gasteiger partial charge in [-0.1, -0.05) is 36.4 Å². The van der Waals surface area contributed by atoms with Gasteiger partial charge in [0, 0.05) is 6.42 Å². The van der Waals surface area contributed by atoms with Crippen molar-refractivity contribution < 1.29 is 14.7 Å². The second-order valence-electron chi connectivity index (χ2n) is 4.87. The van der Waals surface area contributed by atoms with Gasteiger partial charge in [0.15, 0.2) is 0 Å². The Labute approximate surface area is 127 Å². The molecule has 110 valence electrons. The second kappa shape index (κ2) is 6.55. The highest BCUT2D eigenvalue weighted by Gasteiger charge is 2.21. The van der Waals surface area contributed by atoms with Gasteiger partial charge in [-0.3, -0.25) is 9.59 Å². The van der Waals surface area contributed by atoms with E-state index >= 15 is 0 Å². The van der Waals surface area contributed by atoms with Gasteiger partial charge in [0.25, 0.3) is 0 Å². The van der Waals surface area contributed by atoms with Gasteiger partial charge in [-0.15, -0.1) is 0 Å². The molecule has 0 aliphatic carbocycles. The molecule has 0 bridgehead atoms. The molecule has 2 aromatic rings. The zero-order chi connectivity index (χ0) is 16.1. The molecule has 0 saturated carbocycles. The molecular weight excluding hydrogens is 280 g/mol. The van der Waals surface area contributed by atoms with Crippen LogP contribution in [0, 0.1) is 11.3 Å². The maximum Gasteiger partial charge on any atom is 0.311 e. The van der Waals surface area contributed by atoms with E-state index < -0.39 is 17.8 Å². The van der Waals surface area contributed by atoms with Crippen LogP contribution in [-0.2, 0) is 9.59 Å². The molecule has 0 aliphatic rings. The van der Waals surface area contributed by atoms with Crippen LogP contribution in [0.2, 0.25) is 0 Å². The minimum absolute atomic E-state index is 0.231. The first kappa shape index (κ1) is 15.3. The van der Waals surface area contributed by atoms with Crippen LogP contribution in [0.15, 0.2) is 48.5 Å². The molecule has 0 aliphatic heterocycles. The van der Waals surface area contributed by atoms with Crippen LogP contribution in [0.25, 0.3) is 11.1 Å². The average molecular weight is 294 g/mol. The normalized spacial score (nSPS) is 11.4. The van der Waals surface area contributed by atoms with E-state index in [1.807, 2.05) is 12.1 Å². The zero-order valence-corrected chi connectivity index (χ0v) is 11.7. The van der Waals surface area contributed by atoms with Gasteiger partial charge >= 0.3 is 5.97 Å². The van der Waals surface area contributed by atoms with Gasteiger partial charge in [0.2, 0.25) is 5.91 Å². The number of hydrogen-bond donors (Lipinski definition) is 2. The van der Waals surface area contributed by atoms with E-state index in [1.165, 1.54) is 0 Å². The third kappa shape index (κ3) is 3.49. The number of amides is 1. The van der Waals surface area contributed by atoms with E-state index in [4.69, 9.17) is 11.0 Å². The molecule has 1 unspecified atom stereocenters. The summed E-state index contributed by atoms with van der Waals surface area (Å²) in [5.74, 6) is -2.67. The third-order valence-corrected chi connectivity index (χ3v) is 3.36. The smallest absolute Gasteiger partial charge is 0.311 e. The number of benzene rings is 2. The van der Waals surface area contributed by atoms with Crippen LogP contribution in [0.3, 0.4) is 0 Å². The Morgan fingerprint density at radius 1 is 1.05 bits per heavy atom. The lowest BCUT2D eigenvalue weighted by atomic mass is 9.93. The van der Waals surface area contributed by atoms with Gasteiger partial charge < -0.3 is 10.8 Å². The van der Waals surface area contributed by atoms with Crippen molar-refractivity contribution in [2.75, 3.05) is 0 Å². The predicted molar refractivity (Wildman–Crippen MR) is 80.8 cm³/mol. The number of carbonyl (C=O) groups excluding carboxylic acids is 1. The molecule has 0 spiro atoms. The SMILES string of the molecule is N#Cc1ccc(-c2ccc(C(CC(N)=O)C(=O)O)cc2)cc1. The van der Waals surface area contributed by atoms with E-state index in [9.17, 15) is 14.7 Å². The summed E-state index contributed by atoms with van der Waals surface area (Å²) in [6, 6.07) is 16.1. The number of nitriles is 1. The van der Waals surface area contributed by atoms with E-state index in [2.05, 4.69) is 6.07 Å². The lowest BCUT2D eigenvalue weighted by molar-refractivity contribution is -0.140. The monoisotopic (exact) mass is 294 g/mol. The van der Waals surface area contributed by atoms with Crippen LogP contribution in [-0.4, -0.2) is 17.0 Å². The molecule has 3 N–H and O–H groups in total. The Morgan fingerprint density at radius 2 is 1.55 bits per heavy atom. The summed E-state index contributed by atoms with van der Waals surface area (Å²) in [6.07, 6.45) is -0.231. The molecule has 1 amide bonds. The molecule has 0 aromatic heterocycles. The Kier molecular flexibility index (Phi) is 4.54. The number of aliphatic carboxylic acids is 1. The largest absolute Gasteiger partial charge is 0.481 e. The summed E-state index contributed by atoms with van der Waals surface area (Å²) in [6.45, 7) is 0. The number of nitrogens with two attached hydrogens (primary N) is 1. The van der Waals surface area contributed by atoms with Crippen LogP contribution in [0.4, 0.5) is 0 Å². The fourth-order valence-electron chi connectivity index (χ4n) is 2.19. The van der Waals surface area contributed by atoms with Gasteiger partial charge in [0.05, 0.1) is 17.6 Å². The van der Waals surface area contributed by atoms with Crippen molar-refractivity contribution in [3.8, 4) is 17.2 Å². The molecular formula is C17H14N2O3. The maximum atomic E-state index is 11.2. The number of rotatable bonds is 5. The standard InChI is InChI=1S/C17H14N2O3/c18-10-11-1-3-12(4-2-11)13-5-7-14(8-6-13)15(17(21)22)9-16(19)20/h1-8,15H,9H2,(H2,19,20)(H,21,22). The molecule has 22 heavy (non-hydrogen) atoms. The van der Waals surface area contributed by atoms with Gasteiger partial charge in [-0.2, -0.15) is 5.26 Å². The highest BCUT2D eigenvalue weighted by atomic mass is 16.4. The van der Waals surface area contributed by atoms with Crippen molar-refractivity contribution >= 4 is 11.9 Å². The van der Waals surface area contributed by atoms with Crippen LogP contribution in [0.5, 0.6) is 0 Å². The molecule has 2 rings (SSSR count). The molecule has 0 radical (unpaired) electrons. The lowest BCUT2D eigenvalue weighted by Gasteiger charge is -2.11. The number of hydrogen-bond acceptors (Lipinski definition) is 3. The predicted octanol–water partition coefficient (Wildman–Crippen LogP) is 2.27. The third-order valence-electron chi connectivity index (χ3n) is 3.36. The minimum Gasteiger partial charge on any atom is -0.481 e. The first-order valence-electron chi connectivity index (χ1n) is 6.63. The molecule has 5 heteroatoms. The van der Waals surface area contributed by atoms with Gasteiger partial charge in [-0.25, -0.2) is 0 Å². The quantitative estimate of drug-likeness (QED) is 0.882. The lowest BCUT2D eigenvalue weighted by Crippen LogP contribution is -2.20. The Hall–Kier alpha value is -3.13. The fourth-order valence-corrected chi connectivity index (χ4v) is 2.19. The van der Waals surface area contributed by atoms with Crippen molar-refractivity contribution in [3.05, 3.63) is 59.7 Å². The maximum absolute atomic E-state index is 11.2. The summed E-state index contributed by atoms with van der Waals surface area (Å²) in [5, 5.41) is 18.0. The summed E-state index contributed by atoms with van der Waals surface area (Å²) >= 11 is 0. The van der Waals surface area contributed by atoms with Crippen molar-refractivity contribution in [2.45, 2.75) is 12.3 Å². The Morgan fingerprint density at radius 3 is 1.95 bits per heavy atom. The Bertz CT molecular complexity index is 728. The average Bonchev–Trinajstić information content (AvgIpc) is 2.52. The molecule has 0 fully saturated rings. The first-order valence-corrected chi connectivity index (χ1v) is 6.63. The zero-order valence-electron chi connectivity index (χ0n) is 11.7. The van der Waals surface area contributed by atoms with Crippen LogP contribution >= 0.6 is 0 Å². The number of carboxylic acids is 1. The molecule has 0 saturated heterocycles. The topological polar surface area (TPSA) is 104 Å². The molecule has 2 aromatic carbocycles. The summed E-state index contributed by atoms with van der Waals surface area (Å²) < 4.78 is 0. The van der Waals surface area contributed by atoms with Gasteiger partial charge in [0.1, 0.15) is 0 Å². The van der Waals surface area contributed by atoms with Crippen molar-refractivity contribution in [1.29, 1.82) is 5.26 Å². The number of primary amides is 1. The van der Waals surface area contributed by atoms with Crippen LogP contribution < -0.4 is 5.73 Å². The summed E-state index contributed by atoms with van der Waals surface area (Å²) in [5.41, 5.74) is 8.02. The van der Waals surface area contributed by atoms with Gasteiger partial charge in [-0.05, 0) is 28.8 Å². The van der Waals surface area contributed by atoms with E-state index in [1.54, 1.807) is 36.4 Å². The molecule has 1 atom stereocenters. The number of nitrogens with zero attached hydrogens (tertiary/aromatic N) is 1. The first-order chi connectivity index (χ1) is 10.5. The minimum atomic E-state index is -1.08. The fraction of sp³-hybridized carbons (Fsp3) is 0.118. The van der Waals surface area contributed by atoms with Crippen LogP contribution in [0.1, 0.15) is 23.5 Å². The Balaban J connectivity index is 2.26. The van der Waals surface area contributed by atoms with E-state index in [-0.39, 0.29) is 6.42 Å². The van der Waals surface area contributed by atoms with Crippen molar-refractivity contribution in [3.63, 3.8) is 0 Å². The van der Waals surface area contributed by atoms with E-state index in [0.717, 1.165) is 11.1 Å². The summed E-state index contributed by atoms with van der Waals surface area (Å²) in [7, 11) is 0. The summed E-state index contributed by atoms with van der Waals surface area (Å²) in [4.78, 5) is 22.2. The highest BCUT2D eigenvalue weighted by Crippen LogP contribution is 2.25. The number of carbonyl (C=O) groups is 2. The van der Waals surface area contributed by atoms with E-state index in [0.29, 0.717) is 11.1 Å².